The molecular formula is C13H9NO. The van der Waals surface area contributed by atoms with Crippen LogP contribution in [0.25, 0.3) is 16.5 Å². The Morgan fingerprint density at radius 3 is 2.73 bits per heavy atom. The summed E-state index contributed by atoms with van der Waals surface area (Å²) in [6, 6.07) is 11.8. The summed E-state index contributed by atoms with van der Waals surface area (Å²) in [5.41, 5.74) is 2.36. The lowest BCUT2D eigenvalue weighted by atomic mass is 10.00. The van der Waals surface area contributed by atoms with Crippen LogP contribution < -0.4 is 5.32 Å². The molecule has 0 saturated heterocycles. The van der Waals surface area contributed by atoms with Gasteiger partial charge >= 0.3 is 0 Å². The number of hydrogen-bond acceptors (Lipinski definition) is 1. The Kier molecular flexibility index (Phi) is 1.48. The quantitative estimate of drug-likeness (QED) is 0.687. The Morgan fingerprint density at radius 1 is 1.07 bits per heavy atom. The highest BCUT2D eigenvalue weighted by Crippen LogP contribution is 2.29. The van der Waals surface area contributed by atoms with Crippen LogP contribution in [0.15, 0.2) is 43.0 Å². The van der Waals surface area contributed by atoms with Gasteiger partial charge < -0.3 is 5.32 Å². The molecule has 2 nitrogen and oxygen atoms in total. The lowest BCUT2D eigenvalue weighted by Gasteiger charge is -2.01. The van der Waals surface area contributed by atoms with E-state index in [1.165, 1.54) is 0 Å². The van der Waals surface area contributed by atoms with E-state index in [1.54, 1.807) is 0 Å². The zero-order chi connectivity index (χ0) is 10.4. The summed E-state index contributed by atoms with van der Waals surface area (Å²) in [4.78, 5) is 11.7. The van der Waals surface area contributed by atoms with Crippen molar-refractivity contribution in [2.24, 2.45) is 0 Å². The summed E-state index contributed by atoms with van der Waals surface area (Å²) >= 11 is 0. The number of benzene rings is 2. The first kappa shape index (κ1) is 8.24. The first-order valence-electron chi connectivity index (χ1n) is 4.80. The molecule has 72 valence electrons. The van der Waals surface area contributed by atoms with E-state index < -0.39 is 0 Å². The second kappa shape index (κ2) is 2.70. The van der Waals surface area contributed by atoms with Gasteiger partial charge in [0, 0.05) is 11.3 Å². The molecule has 0 atom stereocenters. The monoisotopic (exact) mass is 195 g/mol. The van der Waals surface area contributed by atoms with E-state index in [4.69, 9.17) is 0 Å². The molecule has 1 aliphatic heterocycles. The minimum Gasteiger partial charge on any atom is -0.322 e. The fourth-order valence-corrected chi connectivity index (χ4v) is 2.03. The Balaban J connectivity index is 2.49. The van der Waals surface area contributed by atoms with Gasteiger partial charge in [-0.05, 0) is 10.8 Å². The third-order valence-electron chi connectivity index (χ3n) is 2.75. The second-order valence-electron chi connectivity index (χ2n) is 3.64. The molecule has 0 fully saturated rings. The fraction of sp³-hybridized carbons (Fsp3) is 0. The molecule has 1 aliphatic rings. The maximum atomic E-state index is 11.7. The average Bonchev–Trinajstić information content (AvgIpc) is 2.55. The molecule has 1 amide bonds. The number of amides is 1. The molecule has 0 radical (unpaired) electrons. The molecular weight excluding hydrogens is 186 g/mol. The standard InChI is InChI=1S/C13H9NO/c1-8-10-7-6-9-4-2-3-5-11(9)12(10)13(15)14-8/h2-7H,1H2,(H,14,15). The molecule has 0 saturated carbocycles. The Labute approximate surface area is 87.2 Å². The van der Waals surface area contributed by atoms with Crippen LogP contribution in [0.5, 0.6) is 0 Å². The maximum Gasteiger partial charge on any atom is 0.256 e. The van der Waals surface area contributed by atoms with Gasteiger partial charge in [0.25, 0.3) is 5.91 Å². The van der Waals surface area contributed by atoms with E-state index in [0.29, 0.717) is 5.70 Å². The molecule has 15 heavy (non-hydrogen) atoms. The second-order valence-corrected chi connectivity index (χ2v) is 3.64. The molecule has 2 heteroatoms. The van der Waals surface area contributed by atoms with E-state index in [0.717, 1.165) is 21.9 Å². The highest BCUT2D eigenvalue weighted by Gasteiger charge is 2.23. The molecule has 1 heterocycles. The Morgan fingerprint density at radius 2 is 1.87 bits per heavy atom. The summed E-state index contributed by atoms with van der Waals surface area (Å²) in [5.74, 6) is -0.0493. The van der Waals surface area contributed by atoms with Gasteiger partial charge in [-0.1, -0.05) is 43.0 Å². The molecule has 0 unspecified atom stereocenters. The highest BCUT2D eigenvalue weighted by molar-refractivity contribution is 6.17. The van der Waals surface area contributed by atoms with Crippen molar-refractivity contribution in [1.29, 1.82) is 0 Å². The van der Waals surface area contributed by atoms with Gasteiger partial charge in [0.15, 0.2) is 0 Å². The van der Waals surface area contributed by atoms with Crippen LogP contribution in [0.3, 0.4) is 0 Å². The number of nitrogens with one attached hydrogen (secondary N) is 1. The lowest BCUT2D eigenvalue weighted by Crippen LogP contribution is -2.11. The van der Waals surface area contributed by atoms with Crippen LogP contribution in [0.2, 0.25) is 0 Å². The molecule has 0 spiro atoms. The molecule has 0 bridgehead atoms. The zero-order valence-corrected chi connectivity index (χ0v) is 8.08. The average molecular weight is 195 g/mol. The topological polar surface area (TPSA) is 29.1 Å². The van der Waals surface area contributed by atoms with Crippen LogP contribution in [-0.2, 0) is 0 Å². The third kappa shape index (κ3) is 1.02. The molecule has 2 aromatic rings. The molecule has 0 aromatic heterocycles. The maximum absolute atomic E-state index is 11.7. The minimum atomic E-state index is -0.0493. The van der Waals surface area contributed by atoms with E-state index in [9.17, 15) is 4.79 Å². The van der Waals surface area contributed by atoms with E-state index >= 15 is 0 Å². The number of carbonyl (C=O) groups is 1. The molecule has 0 aliphatic carbocycles. The van der Waals surface area contributed by atoms with Gasteiger partial charge in [-0.3, -0.25) is 4.79 Å². The van der Waals surface area contributed by atoms with Crippen molar-refractivity contribution in [2.75, 3.05) is 0 Å². The SMILES string of the molecule is C=C1NC(=O)c2c1ccc1ccccc21. The van der Waals surface area contributed by atoms with Crippen LogP contribution in [-0.4, -0.2) is 5.91 Å². The number of rotatable bonds is 0. The number of fused-ring (bicyclic) bond motifs is 3. The van der Waals surface area contributed by atoms with Crippen molar-refractivity contribution in [3.05, 3.63) is 54.1 Å². The predicted molar refractivity (Wildman–Crippen MR) is 60.4 cm³/mol. The van der Waals surface area contributed by atoms with Gasteiger partial charge in [0.2, 0.25) is 0 Å². The van der Waals surface area contributed by atoms with Crippen LogP contribution in [0.1, 0.15) is 15.9 Å². The normalized spacial score (nSPS) is 14.1. The molecule has 1 N–H and O–H groups in total. The van der Waals surface area contributed by atoms with Crippen molar-refractivity contribution in [3.8, 4) is 0 Å². The van der Waals surface area contributed by atoms with Gasteiger partial charge in [0.1, 0.15) is 0 Å². The highest BCUT2D eigenvalue weighted by atomic mass is 16.1. The van der Waals surface area contributed by atoms with Crippen molar-refractivity contribution in [3.63, 3.8) is 0 Å². The van der Waals surface area contributed by atoms with Gasteiger partial charge in [-0.2, -0.15) is 0 Å². The first-order valence-corrected chi connectivity index (χ1v) is 4.80. The summed E-state index contributed by atoms with van der Waals surface area (Å²) in [6.07, 6.45) is 0. The zero-order valence-electron chi connectivity index (χ0n) is 8.08. The van der Waals surface area contributed by atoms with Crippen molar-refractivity contribution < 1.29 is 4.79 Å². The first-order chi connectivity index (χ1) is 7.27. The Bertz CT molecular complexity index is 599. The third-order valence-corrected chi connectivity index (χ3v) is 2.75. The summed E-state index contributed by atoms with van der Waals surface area (Å²) in [5, 5.41) is 4.82. The van der Waals surface area contributed by atoms with Crippen molar-refractivity contribution in [2.45, 2.75) is 0 Å². The Hall–Kier alpha value is -2.09. The van der Waals surface area contributed by atoms with Gasteiger partial charge in [-0.15, -0.1) is 0 Å². The molecule has 2 aromatic carbocycles. The van der Waals surface area contributed by atoms with Crippen LogP contribution in [0, 0.1) is 0 Å². The minimum absolute atomic E-state index is 0.0493. The van der Waals surface area contributed by atoms with Crippen molar-refractivity contribution in [1.82, 2.24) is 5.32 Å². The largest absolute Gasteiger partial charge is 0.322 e. The van der Waals surface area contributed by atoms with Crippen LogP contribution >= 0.6 is 0 Å². The van der Waals surface area contributed by atoms with Crippen molar-refractivity contribution >= 4 is 22.4 Å². The fourth-order valence-electron chi connectivity index (χ4n) is 2.03. The predicted octanol–water partition coefficient (Wildman–Crippen LogP) is 2.55. The van der Waals surface area contributed by atoms with E-state index in [1.807, 2.05) is 36.4 Å². The smallest absolute Gasteiger partial charge is 0.256 e. The van der Waals surface area contributed by atoms with Crippen LogP contribution in [0.4, 0.5) is 0 Å². The molecule has 3 rings (SSSR count). The summed E-state index contributed by atoms with van der Waals surface area (Å²) < 4.78 is 0. The van der Waals surface area contributed by atoms with E-state index in [-0.39, 0.29) is 5.91 Å². The van der Waals surface area contributed by atoms with Gasteiger partial charge in [0.05, 0.1) is 5.56 Å². The number of hydrogen-bond donors (Lipinski definition) is 1. The summed E-state index contributed by atoms with van der Waals surface area (Å²) in [7, 11) is 0. The number of carbonyl (C=O) groups excluding carboxylic acids is 1. The van der Waals surface area contributed by atoms with Gasteiger partial charge in [-0.25, -0.2) is 0 Å². The van der Waals surface area contributed by atoms with E-state index in [2.05, 4.69) is 11.9 Å². The summed E-state index contributed by atoms with van der Waals surface area (Å²) in [6.45, 7) is 3.82. The lowest BCUT2D eigenvalue weighted by molar-refractivity contribution is 0.0982.